The number of Topliss-reactive ketones (excluding diaryl/α,β-unsaturated/α-hetero) is 1. The molecule has 0 radical (unpaired) electrons. The van der Waals surface area contributed by atoms with Crippen molar-refractivity contribution in [3.63, 3.8) is 0 Å². The smallest absolute Gasteiger partial charge is 0.410 e. The summed E-state index contributed by atoms with van der Waals surface area (Å²) in [6.07, 6.45) is -0.291. The topological polar surface area (TPSA) is 444 Å². The SMILES string of the molecule is CCC(=O)OCOC(=O)N[C@@H](CCC(=O)NC(P(=O)(O)O)P(=O)(O)O)C(=O)N(C)CC(=O)O[C@@H]1[C@@H](C)[C@@H](O)[C@@H](C)[C@H](OC(C)=O)[C@H](C)[C@@H](OC)/C=C/O[C@@]2(C)Oc3c(C)c(O)c4c(O)c(c5c(c4c3C2=O)NC2(CCN(CC(C)C)CC2)N=5)=NC(=O)/C(C)=C\C=C\[C@@H]1C. The number of phenols is 2. The van der Waals surface area contributed by atoms with Crippen molar-refractivity contribution >= 4 is 79.2 Å². The summed E-state index contributed by atoms with van der Waals surface area (Å²) in [6, 6.07) is -1.83. The lowest BCUT2D eigenvalue weighted by Crippen LogP contribution is -2.50. The van der Waals surface area contributed by atoms with Gasteiger partial charge in [-0.15, -0.1) is 0 Å². The first-order valence-electron chi connectivity index (χ1n) is 30.1. The van der Waals surface area contributed by atoms with Crippen LogP contribution in [-0.2, 0) is 66.3 Å². The minimum absolute atomic E-state index is 0.00100. The van der Waals surface area contributed by atoms with Crippen molar-refractivity contribution in [1.29, 1.82) is 0 Å². The minimum atomic E-state index is -5.67. The number of aliphatic hydroxyl groups is 1. The Morgan fingerprint density at radius 3 is 2.11 bits per heavy atom. The van der Waals surface area contributed by atoms with E-state index in [2.05, 4.69) is 34.4 Å². The molecular formula is C60H85N7O24P2. The Labute approximate surface area is 536 Å². The number of carbonyl (C=O) groups is 8. The number of methoxy groups -OCH3 is 1. The van der Waals surface area contributed by atoms with Crippen LogP contribution in [-0.4, -0.2) is 187 Å². The van der Waals surface area contributed by atoms with Crippen LogP contribution < -0.4 is 31.4 Å². The van der Waals surface area contributed by atoms with Crippen molar-refractivity contribution in [3.05, 3.63) is 58.0 Å². The predicted octanol–water partition coefficient (Wildman–Crippen LogP) is 3.30. The number of likely N-dealkylation sites (N-methyl/N-ethyl adjacent to an activating group) is 1. The quantitative estimate of drug-likeness (QED) is 0.0336. The Hall–Kier alpha value is -7.34. The molecule has 514 valence electrons. The van der Waals surface area contributed by atoms with Crippen molar-refractivity contribution in [2.75, 3.05) is 52.4 Å². The molecule has 5 heterocycles. The van der Waals surface area contributed by atoms with Gasteiger partial charge in [-0.1, -0.05) is 66.7 Å². The highest BCUT2D eigenvalue weighted by Crippen LogP contribution is 2.58. The second-order valence-electron chi connectivity index (χ2n) is 24.4. The van der Waals surface area contributed by atoms with E-state index in [0.717, 1.165) is 31.7 Å². The summed E-state index contributed by atoms with van der Waals surface area (Å²) < 4.78 is 63.7. The molecule has 0 unspecified atom stereocenters. The first-order chi connectivity index (χ1) is 43.3. The number of amides is 4. The average Bonchev–Trinajstić information content (AvgIpc) is 1.57. The number of nitrogens with one attached hydrogen (secondary N) is 3. The van der Waals surface area contributed by atoms with Gasteiger partial charge in [0.1, 0.15) is 52.7 Å². The summed E-state index contributed by atoms with van der Waals surface area (Å²) in [5.41, 5.74) is -3.74. The van der Waals surface area contributed by atoms with Gasteiger partial charge >= 0.3 is 45.0 Å². The minimum Gasteiger partial charge on any atom is -0.507 e. The number of aromatic hydroxyl groups is 2. The van der Waals surface area contributed by atoms with Gasteiger partial charge in [0, 0.05) is 114 Å². The number of nitrogens with zero attached hydrogens (tertiary/aromatic N) is 4. The number of fused-ring (bicyclic) bond motifs is 13. The van der Waals surface area contributed by atoms with Gasteiger partial charge in [-0.3, -0.25) is 47.7 Å². The average molecular weight is 1350 g/mol. The number of anilines is 1. The van der Waals surface area contributed by atoms with Gasteiger partial charge in [-0.05, 0) is 32.3 Å². The molecular weight excluding hydrogens is 1260 g/mol. The van der Waals surface area contributed by atoms with Crippen molar-refractivity contribution < 1.29 is 116 Å². The van der Waals surface area contributed by atoms with E-state index in [1.165, 1.54) is 66.0 Å². The van der Waals surface area contributed by atoms with Crippen molar-refractivity contribution in [1.82, 2.24) is 20.4 Å². The van der Waals surface area contributed by atoms with E-state index in [1.54, 1.807) is 26.1 Å². The first-order valence-corrected chi connectivity index (χ1v) is 33.5. The highest BCUT2D eigenvalue weighted by molar-refractivity contribution is 7.70. The molecule has 2 aromatic rings. The number of piperidine rings is 1. The van der Waals surface area contributed by atoms with Gasteiger partial charge in [0.05, 0.1) is 35.1 Å². The second kappa shape index (κ2) is 30.4. The first kappa shape index (κ1) is 74.7. The molecule has 5 aliphatic rings. The number of hydrogen-bond acceptors (Lipinski definition) is 23. The molecule has 31 nitrogen and oxygen atoms in total. The summed E-state index contributed by atoms with van der Waals surface area (Å²) in [7, 11) is -8.89. The maximum atomic E-state index is 15.0. The molecule has 10 atom stereocenters. The normalized spacial score (nSPS) is 25.9. The number of likely N-dealkylation sites (tertiary alicyclic amines) is 1. The van der Waals surface area contributed by atoms with E-state index in [1.807, 2.05) is 0 Å². The molecule has 93 heavy (non-hydrogen) atoms. The number of alkyl carbamates (subject to hydrolysis) is 1. The van der Waals surface area contributed by atoms with Gasteiger partial charge in [0.2, 0.25) is 24.1 Å². The van der Waals surface area contributed by atoms with Gasteiger partial charge in [0.15, 0.2) is 5.75 Å². The molecule has 33 heteroatoms. The van der Waals surface area contributed by atoms with Crippen LogP contribution in [0.2, 0.25) is 0 Å². The third kappa shape index (κ3) is 17.5. The monoisotopic (exact) mass is 1350 g/mol. The fourth-order valence-corrected chi connectivity index (χ4v) is 13.9. The molecule has 0 aromatic heterocycles. The van der Waals surface area contributed by atoms with Gasteiger partial charge in [0.25, 0.3) is 11.7 Å². The standard InChI is InChI=1S/C60H85N7O24P2/c1-14-40(70)86-28-87-57(78)61-37(18-19-39(69)62-58(92(79,80)81)93(82,83)84)56(77)66(12)27-41(71)90-51-30(4)16-15-17-31(5)55(76)63-47-46-45(64-60(65-46)21-23-67(24-22-60)26-29(2)3)42-43(50(47)74)49(73)35(9)53-44(42)54(75)59(11,91-53)88-25-20-38(85-13)32(6)52(89-36(10)68)34(8)48(72)33(51)7/h15-17,20,25,29-30,32-34,37-38,48,51-52,58,64,72-74H,14,18-19,21-24,26-28H2,1-13H3,(H,61,78)(H,62,69)(H2,79,80,81)(H2,82,83,84)/b16-15+,25-20+,31-17-,63-47?/t30-,32+,33-,34+,37-,38-,48+,51-,52+,59-/m0/s1. The molecule has 5 bridgehead atoms. The van der Waals surface area contributed by atoms with E-state index < -0.39 is 171 Å². The largest absolute Gasteiger partial charge is 0.507 e. The molecule has 7 rings (SSSR count). The van der Waals surface area contributed by atoms with E-state index in [4.69, 9.17) is 38.2 Å². The van der Waals surface area contributed by atoms with E-state index in [-0.39, 0.29) is 56.0 Å². The summed E-state index contributed by atoms with van der Waals surface area (Å²) in [5.74, 6) is -13.5. The predicted molar refractivity (Wildman–Crippen MR) is 329 cm³/mol. The zero-order valence-corrected chi connectivity index (χ0v) is 55.9. The Morgan fingerprint density at radius 1 is 0.882 bits per heavy atom. The highest BCUT2D eigenvalue weighted by atomic mass is 31.2. The van der Waals surface area contributed by atoms with E-state index >= 15 is 0 Å². The summed E-state index contributed by atoms with van der Waals surface area (Å²) in [5, 5.41) is 43.5. The number of carbonyl (C=O) groups excluding carboxylic acids is 8. The number of ether oxygens (including phenoxy) is 7. The molecule has 4 amide bonds. The molecule has 0 aliphatic carbocycles. The summed E-state index contributed by atoms with van der Waals surface area (Å²) in [6.45, 7) is 17.7. The number of esters is 3. The third-order valence-corrected chi connectivity index (χ3v) is 20.1. The molecule has 5 aliphatic heterocycles. The Kier molecular flexibility index (Phi) is 24.4. The molecule has 0 saturated carbocycles. The number of allylic oxidation sites excluding steroid dienone is 2. The Morgan fingerprint density at radius 2 is 1.52 bits per heavy atom. The number of aliphatic hydroxyl groups excluding tert-OH is 1. The van der Waals surface area contributed by atoms with Crippen molar-refractivity contribution in [3.8, 4) is 17.2 Å². The van der Waals surface area contributed by atoms with Crippen LogP contribution in [0, 0.1) is 36.5 Å². The van der Waals surface area contributed by atoms with Crippen LogP contribution in [0.25, 0.3) is 10.8 Å². The number of ketones is 1. The van der Waals surface area contributed by atoms with Crippen LogP contribution in [0.15, 0.2) is 46.1 Å². The van der Waals surface area contributed by atoms with E-state index in [0.29, 0.717) is 31.8 Å². The second-order valence-corrected chi connectivity index (χ2v) is 28.2. The lowest BCUT2D eigenvalue weighted by atomic mass is 9.78. The zero-order chi connectivity index (χ0) is 69.6. The van der Waals surface area contributed by atoms with Crippen LogP contribution in [0.3, 0.4) is 0 Å². The number of benzene rings is 2. The highest BCUT2D eigenvalue weighted by Gasteiger charge is 2.51. The molecule has 2 aromatic carbocycles. The van der Waals surface area contributed by atoms with Gasteiger partial charge in [-0.25, -0.2) is 9.79 Å². The van der Waals surface area contributed by atoms with E-state index in [9.17, 15) is 82.4 Å². The Bertz CT molecular complexity index is 3540. The van der Waals surface area contributed by atoms with Crippen LogP contribution in [0.5, 0.6) is 17.2 Å². The molecule has 1 spiro atoms. The number of hydrogen-bond donors (Lipinski definition) is 10. The van der Waals surface area contributed by atoms with Gasteiger partial charge < -0.3 is 93.8 Å². The van der Waals surface area contributed by atoms with Crippen molar-refractivity contribution in [2.24, 2.45) is 39.6 Å². The van der Waals surface area contributed by atoms with Crippen LogP contribution in [0.4, 0.5) is 10.5 Å². The lowest BCUT2D eigenvalue weighted by Gasteiger charge is -2.39. The molecule has 1 fully saturated rings. The maximum absolute atomic E-state index is 15.0. The van der Waals surface area contributed by atoms with Gasteiger partial charge in [-0.2, -0.15) is 0 Å². The van der Waals surface area contributed by atoms with Crippen LogP contribution >= 0.6 is 15.2 Å². The summed E-state index contributed by atoms with van der Waals surface area (Å²) in [4.78, 5) is 159. The fraction of sp³-hybridized carbons (Fsp3) is 0.600. The Balaban J connectivity index is 1.42. The third-order valence-electron chi connectivity index (χ3n) is 16.8. The molecule has 1 saturated heterocycles. The maximum Gasteiger partial charge on any atom is 0.410 e. The lowest BCUT2D eigenvalue weighted by molar-refractivity contribution is -0.167. The fourth-order valence-electron chi connectivity index (χ4n) is 11.7. The summed E-state index contributed by atoms with van der Waals surface area (Å²) >= 11 is 0. The number of rotatable bonds is 18. The number of phenolic OH excluding ortho intramolecular Hbond substituents is 2. The van der Waals surface area contributed by atoms with Crippen LogP contribution in [0.1, 0.15) is 117 Å². The zero-order valence-electron chi connectivity index (χ0n) is 54.1. The van der Waals surface area contributed by atoms with Crippen molar-refractivity contribution in [2.45, 2.75) is 156 Å². The molecule has 10 N–H and O–H groups in total.